The Labute approximate surface area is 189 Å². The molecule has 33 heavy (non-hydrogen) atoms. The molecule has 0 amide bonds. The molecule has 1 aliphatic rings. The Kier molecular flexibility index (Phi) is 7.77. The molecule has 0 atom stereocenters. The maximum Gasteiger partial charge on any atom is 0.416 e. The Morgan fingerprint density at radius 3 is 2.52 bits per heavy atom. The van der Waals surface area contributed by atoms with E-state index in [0.29, 0.717) is 5.56 Å². The molecule has 0 aliphatic carbocycles. The second kappa shape index (κ2) is 10.4. The highest BCUT2D eigenvalue weighted by Gasteiger charge is 2.33. The van der Waals surface area contributed by atoms with Crippen LogP contribution in [0, 0.1) is 0 Å². The van der Waals surface area contributed by atoms with Gasteiger partial charge in [0.05, 0.1) is 25.9 Å². The lowest BCUT2D eigenvalue weighted by molar-refractivity contribution is -0.143. The third-order valence-corrected chi connectivity index (χ3v) is 6.80. The number of benzene rings is 2. The van der Waals surface area contributed by atoms with E-state index in [4.69, 9.17) is 14.2 Å². The summed E-state index contributed by atoms with van der Waals surface area (Å²) in [6.07, 6.45) is -2.23. The zero-order valence-corrected chi connectivity index (χ0v) is 18.5. The number of ether oxygens (including phenoxy) is 3. The largest absolute Gasteiger partial charge is 0.495 e. The Morgan fingerprint density at radius 2 is 1.85 bits per heavy atom. The first-order valence-corrected chi connectivity index (χ1v) is 11.3. The van der Waals surface area contributed by atoms with Gasteiger partial charge in [-0.3, -0.25) is 0 Å². The third kappa shape index (κ3) is 6.12. The SMILES string of the molecule is COc1ccc(/C=C/C(=O)OCc2ccccc2C(F)(F)F)cc1S(=O)(=O)N1CCOCC1. The molecular weight excluding hydrogens is 463 g/mol. The number of hydrogen-bond acceptors (Lipinski definition) is 6. The predicted molar refractivity (Wildman–Crippen MR) is 113 cm³/mol. The lowest BCUT2D eigenvalue weighted by Gasteiger charge is -2.26. The summed E-state index contributed by atoms with van der Waals surface area (Å²) < 4.78 is 81.8. The van der Waals surface area contributed by atoms with Crippen molar-refractivity contribution in [2.75, 3.05) is 33.4 Å². The summed E-state index contributed by atoms with van der Waals surface area (Å²) in [5, 5.41) is 0. The van der Waals surface area contributed by atoms with E-state index < -0.39 is 34.3 Å². The molecule has 2 aromatic rings. The summed E-state index contributed by atoms with van der Waals surface area (Å²) in [5.74, 6) is -0.731. The van der Waals surface area contributed by atoms with Crippen molar-refractivity contribution >= 4 is 22.1 Å². The quantitative estimate of drug-likeness (QED) is 0.441. The van der Waals surface area contributed by atoms with Gasteiger partial charge in [-0.2, -0.15) is 17.5 Å². The van der Waals surface area contributed by atoms with Gasteiger partial charge in [-0.25, -0.2) is 13.2 Å². The molecule has 0 radical (unpaired) electrons. The smallest absolute Gasteiger partial charge is 0.416 e. The average molecular weight is 485 g/mol. The van der Waals surface area contributed by atoms with Crippen molar-refractivity contribution in [2.45, 2.75) is 17.7 Å². The fraction of sp³-hybridized carbons (Fsp3) is 0.318. The fourth-order valence-corrected chi connectivity index (χ4v) is 4.81. The number of rotatable bonds is 7. The van der Waals surface area contributed by atoms with Crippen LogP contribution in [0.4, 0.5) is 13.2 Å². The molecule has 1 aliphatic heterocycles. The molecule has 2 aromatic carbocycles. The topological polar surface area (TPSA) is 82.1 Å². The van der Waals surface area contributed by atoms with Crippen molar-refractivity contribution in [2.24, 2.45) is 0 Å². The Hall–Kier alpha value is -2.89. The van der Waals surface area contributed by atoms with Gasteiger partial charge in [0.1, 0.15) is 17.3 Å². The minimum Gasteiger partial charge on any atom is -0.495 e. The van der Waals surface area contributed by atoms with Crippen LogP contribution in [-0.2, 0) is 37.1 Å². The van der Waals surface area contributed by atoms with Crippen molar-refractivity contribution in [3.63, 3.8) is 0 Å². The summed E-state index contributed by atoms with van der Waals surface area (Å²) in [6.45, 7) is 0.418. The van der Waals surface area contributed by atoms with E-state index in [1.54, 1.807) is 6.07 Å². The van der Waals surface area contributed by atoms with E-state index in [0.717, 1.165) is 12.1 Å². The first kappa shape index (κ1) is 24.7. The second-order valence-corrected chi connectivity index (χ2v) is 8.93. The molecule has 11 heteroatoms. The highest BCUT2D eigenvalue weighted by molar-refractivity contribution is 7.89. The molecule has 0 N–H and O–H groups in total. The average Bonchev–Trinajstić information content (AvgIpc) is 2.81. The van der Waals surface area contributed by atoms with Gasteiger partial charge in [-0.1, -0.05) is 24.3 Å². The van der Waals surface area contributed by atoms with E-state index in [2.05, 4.69) is 0 Å². The van der Waals surface area contributed by atoms with Crippen LogP contribution in [0.3, 0.4) is 0 Å². The van der Waals surface area contributed by atoms with E-state index in [1.165, 1.54) is 47.8 Å². The third-order valence-electron chi connectivity index (χ3n) is 4.88. The molecule has 1 saturated heterocycles. The lowest BCUT2D eigenvalue weighted by atomic mass is 10.1. The minimum atomic E-state index is -4.57. The zero-order chi connectivity index (χ0) is 24.1. The Morgan fingerprint density at radius 1 is 1.15 bits per heavy atom. The van der Waals surface area contributed by atoms with Crippen LogP contribution < -0.4 is 4.74 Å². The number of carbonyl (C=O) groups excluding carboxylic acids is 1. The van der Waals surface area contributed by atoms with Gasteiger partial charge in [0.2, 0.25) is 10.0 Å². The standard InChI is InChI=1S/C22H22F3NO6S/c1-30-19-8-6-16(14-20(19)33(28,29)26-10-12-31-13-11-26)7-9-21(27)32-15-17-4-2-3-5-18(17)22(23,24)25/h2-9,14H,10-13,15H2,1H3/b9-7+. The van der Waals surface area contributed by atoms with E-state index in [-0.39, 0.29) is 42.5 Å². The number of sulfonamides is 1. The summed E-state index contributed by atoms with van der Waals surface area (Å²) in [7, 11) is -2.51. The summed E-state index contributed by atoms with van der Waals surface area (Å²) in [5.41, 5.74) is -0.680. The molecule has 0 bridgehead atoms. The van der Waals surface area contributed by atoms with Crippen LogP contribution in [0.2, 0.25) is 0 Å². The van der Waals surface area contributed by atoms with Crippen molar-refractivity contribution in [3.05, 3.63) is 65.2 Å². The Bertz CT molecular complexity index is 1130. The summed E-state index contributed by atoms with van der Waals surface area (Å²) in [4.78, 5) is 12.0. The number of halogens is 3. The maximum atomic E-state index is 13.0. The van der Waals surface area contributed by atoms with Gasteiger partial charge in [0.15, 0.2) is 0 Å². The molecule has 3 rings (SSSR count). The first-order valence-electron chi connectivity index (χ1n) is 9.89. The zero-order valence-electron chi connectivity index (χ0n) is 17.7. The summed E-state index contributed by atoms with van der Waals surface area (Å²) >= 11 is 0. The number of nitrogens with zero attached hydrogens (tertiary/aromatic N) is 1. The van der Waals surface area contributed by atoms with Gasteiger partial charge in [0, 0.05) is 24.7 Å². The van der Waals surface area contributed by atoms with Gasteiger partial charge < -0.3 is 14.2 Å². The van der Waals surface area contributed by atoms with Crippen LogP contribution in [0.1, 0.15) is 16.7 Å². The summed E-state index contributed by atoms with van der Waals surface area (Å²) in [6, 6.07) is 9.16. The monoisotopic (exact) mass is 485 g/mol. The number of alkyl halides is 3. The van der Waals surface area contributed by atoms with Gasteiger partial charge in [0.25, 0.3) is 0 Å². The first-order chi connectivity index (χ1) is 15.6. The maximum absolute atomic E-state index is 13.0. The number of esters is 1. The van der Waals surface area contributed by atoms with Crippen molar-refractivity contribution < 1.29 is 40.6 Å². The molecule has 0 unspecified atom stereocenters. The lowest BCUT2D eigenvalue weighted by Crippen LogP contribution is -2.40. The minimum absolute atomic E-state index is 0.0680. The van der Waals surface area contributed by atoms with E-state index in [1.807, 2.05) is 0 Å². The van der Waals surface area contributed by atoms with Crippen LogP contribution in [-0.4, -0.2) is 52.1 Å². The van der Waals surface area contributed by atoms with Crippen molar-refractivity contribution in [1.29, 1.82) is 0 Å². The van der Waals surface area contributed by atoms with Gasteiger partial charge >= 0.3 is 12.1 Å². The molecule has 1 fully saturated rings. The molecule has 178 valence electrons. The predicted octanol–water partition coefficient (Wildman–Crippen LogP) is 3.49. The van der Waals surface area contributed by atoms with Crippen LogP contribution in [0.15, 0.2) is 53.4 Å². The molecular formula is C22H22F3NO6S. The molecule has 0 spiro atoms. The molecule has 0 aromatic heterocycles. The van der Waals surface area contributed by atoms with Crippen LogP contribution in [0.25, 0.3) is 6.08 Å². The molecule has 1 heterocycles. The molecule has 7 nitrogen and oxygen atoms in total. The highest BCUT2D eigenvalue weighted by Crippen LogP contribution is 2.32. The van der Waals surface area contributed by atoms with Crippen molar-refractivity contribution in [1.82, 2.24) is 4.31 Å². The van der Waals surface area contributed by atoms with Crippen LogP contribution in [0.5, 0.6) is 5.75 Å². The fourth-order valence-electron chi connectivity index (χ4n) is 3.21. The second-order valence-electron chi connectivity index (χ2n) is 7.02. The van der Waals surface area contributed by atoms with Crippen LogP contribution >= 0.6 is 0 Å². The van der Waals surface area contributed by atoms with Gasteiger partial charge in [-0.15, -0.1) is 0 Å². The number of morpholine rings is 1. The molecule has 0 saturated carbocycles. The van der Waals surface area contributed by atoms with Gasteiger partial charge in [-0.05, 0) is 29.8 Å². The van der Waals surface area contributed by atoms with E-state index in [9.17, 15) is 26.4 Å². The normalized spacial score (nSPS) is 15.5. The number of carbonyl (C=O) groups is 1. The number of methoxy groups -OCH3 is 1. The van der Waals surface area contributed by atoms with Crippen molar-refractivity contribution in [3.8, 4) is 5.75 Å². The highest BCUT2D eigenvalue weighted by atomic mass is 32.2. The Balaban J connectivity index is 1.74. The number of hydrogen-bond donors (Lipinski definition) is 0. The van der Waals surface area contributed by atoms with E-state index >= 15 is 0 Å².